The first-order valence-corrected chi connectivity index (χ1v) is 7.23. The van der Waals surface area contributed by atoms with Crippen LogP contribution in [0.25, 0.3) is 10.6 Å². The van der Waals surface area contributed by atoms with E-state index in [1.165, 1.54) is 0 Å². The van der Waals surface area contributed by atoms with Gasteiger partial charge in [0.2, 0.25) is 0 Å². The van der Waals surface area contributed by atoms with E-state index in [-0.39, 0.29) is 0 Å². The Hall–Kier alpha value is -0.330. The summed E-state index contributed by atoms with van der Waals surface area (Å²) in [6, 6.07) is 2.01. The van der Waals surface area contributed by atoms with Crippen LogP contribution in [0.3, 0.4) is 0 Å². The highest BCUT2D eigenvalue weighted by Gasteiger charge is 2.17. The molecule has 2 aromatic heterocycles. The molecular formula is C10H10Br2N2OS. The van der Waals surface area contributed by atoms with Crippen molar-refractivity contribution in [3.05, 3.63) is 19.9 Å². The van der Waals surface area contributed by atoms with Crippen LogP contribution in [0.15, 0.2) is 18.8 Å². The fourth-order valence-electron chi connectivity index (χ4n) is 1.47. The first kappa shape index (κ1) is 12.1. The van der Waals surface area contributed by atoms with Gasteiger partial charge in [-0.1, -0.05) is 18.5 Å². The minimum absolute atomic E-state index is 0.498. The molecule has 0 amide bonds. The Balaban J connectivity index is 2.47. The maximum Gasteiger partial charge on any atom is 0.182 e. The van der Waals surface area contributed by atoms with Crippen molar-refractivity contribution in [2.24, 2.45) is 0 Å². The van der Waals surface area contributed by atoms with E-state index >= 15 is 0 Å². The second-order valence-electron chi connectivity index (χ2n) is 3.36. The molecule has 0 unspecified atom stereocenters. The number of hydrogen-bond acceptors (Lipinski definition) is 4. The van der Waals surface area contributed by atoms with Gasteiger partial charge in [-0.15, -0.1) is 11.3 Å². The Morgan fingerprint density at radius 1 is 1.50 bits per heavy atom. The predicted octanol–water partition coefficient (Wildman–Crippen LogP) is 4.46. The number of nitrogens with zero attached hydrogens (tertiary/aromatic N) is 1. The molecule has 2 rings (SSSR count). The van der Waals surface area contributed by atoms with Gasteiger partial charge in [-0.3, -0.25) is 0 Å². The Bertz CT molecular complexity index is 487. The van der Waals surface area contributed by atoms with Gasteiger partial charge in [0.1, 0.15) is 0 Å². The third-order valence-electron chi connectivity index (χ3n) is 2.19. The maximum absolute atomic E-state index is 5.79. The Labute approximate surface area is 114 Å². The first-order valence-electron chi connectivity index (χ1n) is 4.82. The monoisotopic (exact) mass is 364 g/mol. The highest BCUT2D eigenvalue weighted by molar-refractivity contribution is 9.13. The summed E-state index contributed by atoms with van der Waals surface area (Å²) < 4.78 is 7.36. The topological polar surface area (TPSA) is 52.0 Å². The molecule has 0 bridgehead atoms. The fraction of sp³-hybridized carbons (Fsp3) is 0.300. The van der Waals surface area contributed by atoms with Crippen molar-refractivity contribution in [3.63, 3.8) is 0 Å². The molecule has 2 N–H and O–H groups in total. The predicted molar refractivity (Wildman–Crippen MR) is 73.6 cm³/mol. The van der Waals surface area contributed by atoms with Crippen LogP contribution < -0.4 is 5.73 Å². The van der Waals surface area contributed by atoms with Crippen molar-refractivity contribution in [1.82, 2.24) is 5.16 Å². The van der Waals surface area contributed by atoms with Crippen LogP contribution in [-0.2, 0) is 6.42 Å². The average Bonchev–Trinajstić information content (AvgIpc) is 2.74. The van der Waals surface area contributed by atoms with E-state index in [9.17, 15) is 0 Å². The van der Waals surface area contributed by atoms with E-state index in [1.54, 1.807) is 11.3 Å². The molecule has 0 aliphatic carbocycles. The van der Waals surface area contributed by atoms with Gasteiger partial charge in [0.15, 0.2) is 11.6 Å². The van der Waals surface area contributed by atoms with Gasteiger partial charge in [0.25, 0.3) is 0 Å². The third kappa shape index (κ3) is 2.19. The Morgan fingerprint density at radius 2 is 2.25 bits per heavy atom. The minimum Gasteiger partial charge on any atom is -0.381 e. The summed E-state index contributed by atoms with van der Waals surface area (Å²) in [5, 5.41) is 3.83. The summed E-state index contributed by atoms with van der Waals surface area (Å²) >= 11 is 8.52. The zero-order valence-corrected chi connectivity index (χ0v) is 12.6. The second kappa shape index (κ2) is 4.89. The number of rotatable bonds is 3. The molecular weight excluding hydrogens is 356 g/mol. The summed E-state index contributed by atoms with van der Waals surface area (Å²) in [6.45, 7) is 2.11. The molecule has 2 heterocycles. The molecule has 86 valence electrons. The van der Waals surface area contributed by atoms with E-state index in [0.29, 0.717) is 5.82 Å². The molecule has 0 aliphatic heterocycles. The lowest BCUT2D eigenvalue weighted by atomic mass is 10.1. The van der Waals surface area contributed by atoms with Gasteiger partial charge in [0.05, 0.1) is 8.66 Å². The molecule has 0 saturated carbocycles. The van der Waals surface area contributed by atoms with E-state index < -0.39 is 0 Å². The van der Waals surface area contributed by atoms with Crippen molar-refractivity contribution in [1.29, 1.82) is 0 Å². The average molecular weight is 366 g/mol. The van der Waals surface area contributed by atoms with Crippen molar-refractivity contribution in [3.8, 4) is 10.6 Å². The summed E-state index contributed by atoms with van der Waals surface area (Å²) in [6.07, 6.45) is 1.91. The first-order chi connectivity index (χ1) is 7.63. The number of nitrogens with two attached hydrogens (primary N) is 1. The SMILES string of the molecule is CCCc1c(N)noc1-c1cc(Br)c(Br)s1. The number of anilines is 1. The molecule has 16 heavy (non-hydrogen) atoms. The van der Waals surface area contributed by atoms with Crippen molar-refractivity contribution >= 4 is 49.0 Å². The van der Waals surface area contributed by atoms with Crippen LogP contribution in [0, 0.1) is 0 Å². The fourth-order valence-corrected chi connectivity index (χ4v) is 3.51. The molecule has 0 fully saturated rings. The highest BCUT2D eigenvalue weighted by Crippen LogP contribution is 2.40. The van der Waals surface area contributed by atoms with Gasteiger partial charge >= 0.3 is 0 Å². The molecule has 0 atom stereocenters. The normalized spacial score (nSPS) is 10.9. The molecule has 0 aliphatic rings. The number of aromatic nitrogens is 1. The van der Waals surface area contributed by atoms with Gasteiger partial charge in [-0.05, 0) is 44.3 Å². The lowest BCUT2D eigenvalue weighted by Gasteiger charge is -1.96. The number of hydrogen-bond donors (Lipinski definition) is 1. The third-order valence-corrected chi connectivity index (χ3v) is 5.44. The van der Waals surface area contributed by atoms with Gasteiger partial charge < -0.3 is 10.3 Å². The van der Waals surface area contributed by atoms with E-state index in [2.05, 4.69) is 43.9 Å². The van der Waals surface area contributed by atoms with E-state index in [1.807, 2.05) is 6.07 Å². The summed E-state index contributed by atoms with van der Waals surface area (Å²) in [7, 11) is 0. The number of halogens is 2. The Kier molecular flexibility index (Phi) is 3.71. The zero-order valence-electron chi connectivity index (χ0n) is 8.59. The summed E-state index contributed by atoms with van der Waals surface area (Å²) in [4.78, 5) is 1.03. The molecule has 0 aromatic carbocycles. The second-order valence-corrected chi connectivity index (χ2v) is 6.58. The molecule has 6 heteroatoms. The summed E-state index contributed by atoms with van der Waals surface area (Å²) in [5.74, 6) is 1.29. The standard InChI is InChI=1S/C10H10Br2N2OS/c1-2-3-5-8(15-14-10(5)13)7-4-6(11)9(12)16-7/h4H,2-3H2,1H3,(H2,13,14). The number of nitrogen functional groups attached to an aromatic ring is 1. The van der Waals surface area contributed by atoms with Crippen LogP contribution in [-0.4, -0.2) is 5.16 Å². The minimum atomic E-state index is 0.498. The van der Waals surface area contributed by atoms with Crippen LogP contribution >= 0.6 is 43.2 Å². The molecule has 3 nitrogen and oxygen atoms in total. The summed E-state index contributed by atoms with van der Waals surface area (Å²) in [5.41, 5.74) is 6.79. The highest BCUT2D eigenvalue weighted by atomic mass is 79.9. The van der Waals surface area contributed by atoms with Crippen molar-refractivity contribution in [2.75, 3.05) is 5.73 Å². The molecule has 2 aromatic rings. The van der Waals surface area contributed by atoms with Crippen LogP contribution in [0.1, 0.15) is 18.9 Å². The van der Waals surface area contributed by atoms with Crippen molar-refractivity contribution < 1.29 is 4.52 Å². The van der Waals surface area contributed by atoms with Crippen molar-refractivity contribution in [2.45, 2.75) is 19.8 Å². The zero-order chi connectivity index (χ0) is 11.7. The van der Waals surface area contributed by atoms with Gasteiger partial charge in [0, 0.05) is 10.0 Å². The van der Waals surface area contributed by atoms with E-state index in [4.69, 9.17) is 10.3 Å². The Morgan fingerprint density at radius 3 is 2.81 bits per heavy atom. The molecule has 0 saturated heterocycles. The molecule has 0 spiro atoms. The van der Waals surface area contributed by atoms with Gasteiger partial charge in [-0.25, -0.2) is 0 Å². The largest absolute Gasteiger partial charge is 0.381 e. The molecule has 0 radical (unpaired) electrons. The van der Waals surface area contributed by atoms with Crippen LogP contribution in [0.2, 0.25) is 0 Å². The lowest BCUT2D eigenvalue weighted by molar-refractivity contribution is 0.436. The maximum atomic E-state index is 5.79. The number of thiophene rings is 1. The van der Waals surface area contributed by atoms with Crippen LogP contribution in [0.4, 0.5) is 5.82 Å². The van der Waals surface area contributed by atoms with Crippen LogP contribution in [0.5, 0.6) is 0 Å². The smallest absolute Gasteiger partial charge is 0.182 e. The van der Waals surface area contributed by atoms with E-state index in [0.717, 1.165) is 37.3 Å². The lowest BCUT2D eigenvalue weighted by Crippen LogP contribution is -1.91. The van der Waals surface area contributed by atoms with Gasteiger partial charge in [-0.2, -0.15) is 0 Å². The quantitative estimate of drug-likeness (QED) is 0.873.